The molecule has 0 bridgehead atoms. The van der Waals surface area contributed by atoms with Crippen LogP contribution in [0.3, 0.4) is 0 Å². The molecular weight excluding hydrogens is 318 g/mol. The first-order chi connectivity index (χ1) is 12.0. The summed E-state index contributed by atoms with van der Waals surface area (Å²) in [5, 5.41) is 7.24. The summed E-state index contributed by atoms with van der Waals surface area (Å²) in [6, 6.07) is 11.3. The lowest BCUT2D eigenvalue weighted by atomic mass is 10.1. The normalized spacial score (nSPS) is 14.8. The quantitative estimate of drug-likeness (QED) is 0.785. The zero-order valence-corrected chi connectivity index (χ0v) is 14.6. The van der Waals surface area contributed by atoms with Gasteiger partial charge in [0.15, 0.2) is 0 Å². The van der Waals surface area contributed by atoms with Crippen LogP contribution in [-0.2, 0) is 20.9 Å². The second-order valence-corrected chi connectivity index (χ2v) is 6.46. The van der Waals surface area contributed by atoms with Crippen LogP contribution >= 0.6 is 0 Å². The van der Waals surface area contributed by atoms with Crippen molar-refractivity contribution in [2.75, 3.05) is 0 Å². The number of hydrogen-bond acceptors (Lipinski definition) is 4. The van der Waals surface area contributed by atoms with Crippen LogP contribution in [0.15, 0.2) is 36.4 Å². The summed E-state index contributed by atoms with van der Waals surface area (Å²) >= 11 is 0. The first-order valence-corrected chi connectivity index (χ1v) is 8.59. The molecule has 132 valence electrons. The van der Waals surface area contributed by atoms with Gasteiger partial charge in [-0.15, -0.1) is 0 Å². The highest BCUT2D eigenvalue weighted by Gasteiger charge is 2.30. The number of aromatic nitrogens is 2. The van der Waals surface area contributed by atoms with E-state index in [2.05, 4.69) is 10.4 Å². The Bertz CT molecular complexity index is 751. The SMILES string of the molecule is Cc1cc(C)n(CCC(=O)O[C@@H](C(=O)NC2CC2)c2ccccc2)n1. The highest BCUT2D eigenvalue weighted by Crippen LogP contribution is 2.23. The van der Waals surface area contributed by atoms with E-state index in [0.29, 0.717) is 12.1 Å². The molecule has 1 heterocycles. The highest BCUT2D eigenvalue weighted by atomic mass is 16.5. The number of rotatable bonds is 7. The number of carbonyl (C=O) groups excluding carboxylic acids is 2. The molecule has 2 aromatic rings. The van der Waals surface area contributed by atoms with Gasteiger partial charge >= 0.3 is 5.97 Å². The van der Waals surface area contributed by atoms with Gasteiger partial charge in [0.2, 0.25) is 6.10 Å². The molecular formula is C19H23N3O3. The van der Waals surface area contributed by atoms with Crippen LogP contribution < -0.4 is 5.32 Å². The molecule has 6 nitrogen and oxygen atoms in total. The zero-order valence-electron chi connectivity index (χ0n) is 14.6. The van der Waals surface area contributed by atoms with E-state index in [-0.39, 0.29) is 18.4 Å². The fraction of sp³-hybridized carbons (Fsp3) is 0.421. The van der Waals surface area contributed by atoms with Crippen molar-refractivity contribution in [1.29, 1.82) is 0 Å². The number of carbonyl (C=O) groups is 2. The fourth-order valence-electron chi connectivity index (χ4n) is 2.69. The minimum atomic E-state index is -0.908. The van der Waals surface area contributed by atoms with Gasteiger partial charge in [0.1, 0.15) is 0 Å². The lowest BCUT2D eigenvalue weighted by Gasteiger charge is -2.18. The van der Waals surface area contributed by atoms with Crippen molar-refractivity contribution < 1.29 is 14.3 Å². The topological polar surface area (TPSA) is 73.2 Å². The maximum absolute atomic E-state index is 12.5. The number of benzene rings is 1. The van der Waals surface area contributed by atoms with Crippen LogP contribution in [0.25, 0.3) is 0 Å². The molecule has 1 aromatic heterocycles. The van der Waals surface area contributed by atoms with Gasteiger partial charge in [0.25, 0.3) is 5.91 Å². The van der Waals surface area contributed by atoms with Gasteiger partial charge in [-0.25, -0.2) is 0 Å². The molecule has 6 heteroatoms. The molecule has 0 saturated heterocycles. The molecule has 1 fully saturated rings. The minimum Gasteiger partial charge on any atom is -0.447 e. The van der Waals surface area contributed by atoms with Crippen molar-refractivity contribution in [3.8, 4) is 0 Å². The number of esters is 1. The minimum absolute atomic E-state index is 0.169. The third-order valence-corrected chi connectivity index (χ3v) is 4.14. The maximum Gasteiger partial charge on any atom is 0.308 e. The molecule has 25 heavy (non-hydrogen) atoms. The van der Waals surface area contributed by atoms with Crippen molar-refractivity contribution in [2.45, 2.75) is 51.8 Å². The van der Waals surface area contributed by atoms with Crippen molar-refractivity contribution >= 4 is 11.9 Å². The molecule has 1 atom stereocenters. The molecule has 0 spiro atoms. The lowest BCUT2D eigenvalue weighted by Crippen LogP contribution is -2.33. The largest absolute Gasteiger partial charge is 0.447 e. The molecule has 1 saturated carbocycles. The first-order valence-electron chi connectivity index (χ1n) is 8.59. The van der Waals surface area contributed by atoms with E-state index in [1.807, 2.05) is 38.1 Å². The Kier molecular flexibility index (Phi) is 5.16. The molecule has 1 aliphatic carbocycles. The molecule has 0 unspecified atom stereocenters. The predicted octanol–water partition coefficient (Wildman–Crippen LogP) is 2.45. The van der Waals surface area contributed by atoms with Gasteiger partial charge in [-0.3, -0.25) is 14.3 Å². The van der Waals surface area contributed by atoms with Crippen LogP contribution in [0, 0.1) is 13.8 Å². The summed E-state index contributed by atoms with van der Waals surface area (Å²) in [6.45, 7) is 4.29. The molecule has 1 amide bonds. The zero-order chi connectivity index (χ0) is 17.8. The van der Waals surface area contributed by atoms with Gasteiger partial charge in [0.05, 0.1) is 18.7 Å². The second-order valence-electron chi connectivity index (χ2n) is 6.46. The molecule has 1 aromatic carbocycles. The van der Waals surface area contributed by atoms with E-state index in [0.717, 1.165) is 24.2 Å². The Morgan fingerprint density at radius 1 is 1.28 bits per heavy atom. The number of hydrogen-bond donors (Lipinski definition) is 1. The summed E-state index contributed by atoms with van der Waals surface area (Å²) in [4.78, 5) is 24.7. The average Bonchev–Trinajstić information content (AvgIpc) is 3.34. The van der Waals surface area contributed by atoms with E-state index in [9.17, 15) is 9.59 Å². The Morgan fingerprint density at radius 2 is 2.00 bits per heavy atom. The van der Waals surface area contributed by atoms with Gasteiger partial charge < -0.3 is 10.1 Å². The number of ether oxygens (including phenoxy) is 1. The summed E-state index contributed by atoms with van der Waals surface area (Å²) in [5.41, 5.74) is 2.59. The number of amides is 1. The van der Waals surface area contributed by atoms with Crippen molar-refractivity contribution in [2.24, 2.45) is 0 Å². The Labute approximate surface area is 147 Å². The van der Waals surface area contributed by atoms with E-state index in [1.165, 1.54) is 0 Å². The Hall–Kier alpha value is -2.63. The maximum atomic E-state index is 12.5. The summed E-state index contributed by atoms with van der Waals surface area (Å²) in [5.74, 6) is -0.666. The Morgan fingerprint density at radius 3 is 2.60 bits per heavy atom. The second kappa shape index (κ2) is 7.51. The van der Waals surface area contributed by atoms with Gasteiger partial charge in [0, 0.05) is 17.3 Å². The summed E-state index contributed by atoms with van der Waals surface area (Å²) in [6.07, 6.45) is 1.23. The van der Waals surface area contributed by atoms with Crippen LogP contribution in [0.4, 0.5) is 0 Å². The van der Waals surface area contributed by atoms with E-state index in [1.54, 1.807) is 16.8 Å². The average molecular weight is 341 g/mol. The van der Waals surface area contributed by atoms with Gasteiger partial charge in [-0.2, -0.15) is 5.10 Å². The third-order valence-electron chi connectivity index (χ3n) is 4.14. The molecule has 0 radical (unpaired) electrons. The van der Waals surface area contributed by atoms with Crippen LogP contribution in [-0.4, -0.2) is 27.7 Å². The molecule has 0 aliphatic heterocycles. The van der Waals surface area contributed by atoms with E-state index >= 15 is 0 Å². The van der Waals surface area contributed by atoms with Crippen LogP contribution in [0.1, 0.15) is 42.3 Å². The molecule has 1 N–H and O–H groups in total. The van der Waals surface area contributed by atoms with E-state index in [4.69, 9.17) is 4.74 Å². The van der Waals surface area contributed by atoms with E-state index < -0.39 is 12.1 Å². The summed E-state index contributed by atoms with van der Waals surface area (Å²) in [7, 11) is 0. The fourth-order valence-corrected chi connectivity index (χ4v) is 2.69. The molecule has 1 aliphatic rings. The third kappa shape index (κ3) is 4.68. The Balaban J connectivity index is 1.63. The standard InChI is InChI=1S/C19H23N3O3/c1-13-12-14(2)22(21-13)11-10-17(23)25-18(15-6-4-3-5-7-15)19(24)20-16-8-9-16/h3-7,12,16,18H,8-11H2,1-2H3,(H,20,24)/t18-/m1/s1. The van der Waals surface area contributed by atoms with Gasteiger partial charge in [-0.05, 0) is 32.8 Å². The van der Waals surface area contributed by atoms with Crippen molar-refractivity contribution in [3.63, 3.8) is 0 Å². The van der Waals surface area contributed by atoms with Crippen molar-refractivity contribution in [3.05, 3.63) is 53.3 Å². The highest BCUT2D eigenvalue weighted by molar-refractivity contribution is 5.85. The van der Waals surface area contributed by atoms with Crippen LogP contribution in [0.5, 0.6) is 0 Å². The lowest BCUT2D eigenvalue weighted by molar-refractivity contribution is -0.156. The smallest absolute Gasteiger partial charge is 0.308 e. The summed E-state index contributed by atoms with van der Waals surface area (Å²) < 4.78 is 7.28. The monoisotopic (exact) mass is 341 g/mol. The predicted molar refractivity (Wildman–Crippen MR) is 92.8 cm³/mol. The van der Waals surface area contributed by atoms with Crippen molar-refractivity contribution in [1.82, 2.24) is 15.1 Å². The van der Waals surface area contributed by atoms with Gasteiger partial charge in [-0.1, -0.05) is 30.3 Å². The first kappa shape index (κ1) is 17.2. The molecule has 3 rings (SSSR count). The number of nitrogens with zero attached hydrogens (tertiary/aromatic N) is 2. The number of aryl methyl sites for hydroxylation is 3. The number of nitrogens with one attached hydrogen (secondary N) is 1. The van der Waals surface area contributed by atoms with Crippen LogP contribution in [0.2, 0.25) is 0 Å².